The lowest BCUT2D eigenvalue weighted by atomic mass is 10.0. The number of carbonyl (C=O) groups excluding carboxylic acids is 1. The first kappa shape index (κ1) is 22.5. The lowest BCUT2D eigenvalue weighted by molar-refractivity contribution is -0.121. The molecule has 0 spiro atoms. The van der Waals surface area contributed by atoms with Crippen molar-refractivity contribution in [2.45, 2.75) is 12.6 Å². The molecule has 0 radical (unpaired) electrons. The minimum absolute atomic E-state index is 0.0521. The van der Waals surface area contributed by atoms with Gasteiger partial charge >= 0.3 is 0 Å². The molecule has 4 aromatic rings. The Morgan fingerprint density at radius 1 is 1.18 bits per heavy atom. The molecule has 0 aliphatic carbocycles. The fourth-order valence-corrected chi connectivity index (χ4v) is 4.87. The number of nitrogens with zero attached hydrogens (tertiary/aromatic N) is 4. The van der Waals surface area contributed by atoms with E-state index in [1.54, 1.807) is 12.6 Å². The third-order valence-electron chi connectivity index (χ3n) is 6.10. The van der Waals surface area contributed by atoms with Crippen molar-refractivity contribution in [3.05, 3.63) is 65.0 Å². The molecule has 0 bridgehead atoms. The van der Waals surface area contributed by atoms with E-state index >= 15 is 0 Å². The molecule has 3 heterocycles. The Kier molecular flexibility index (Phi) is 6.84. The molecule has 1 atom stereocenters. The summed E-state index contributed by atoms with van der Waals surface area (Å²) in [6.45, 7) is 3.71. The normalized spacial score (nSPS) is 15.3. The van der Waals surface area contributed by atoms with Crippen LogP contribution in [0.15, 0.2) is 59.4 Å². The first-order chi connectivity index (χ1) is 16.7. The number of methoxy groups -OCH3 is 1. The average Bonchev–Trinajstić information content (AvgIpc) is 3.54. The minimum Gasteiger partial charge on any atom is -0.497 e. The van der Waals surface area contributed by atoms with Crippen LogP contribution < -0.4 is 10.1 Å². The van der Waals surface area contributed by atoms with E-state index in [1.165, 1.54) is 11.3 Å². The molecule has 1 aliphatic rings. The molecule has 5 rings (SSSR count). The first-order valence-electron chi connectivity index (χ1n) is 11.3. The molecule has 1 aliphatic heterocycles. The lowest BCUT2D eigenvalue weighted by Gasteiger charge is -2.35. The number of rotatable bonds is 8. The second kappa shape index (κ2) is 10.3. The Morgan fingerprint density at radius 2 is 1.97 bits per heavy atom. The van der Waals surface area contributed by atoms with Gasteiger partial charge in [0.1, 0.15) is 18.0 Å². The smallest absolute Gasteiger partial charge is 0.240 e. The van der Waals surface area contributed by atoms with Crippen LogP contribution >= 0.6 is 11.3 Å². The van der Waals surface area contributed by atoms with Gasteiger partial charge in [-0.25, -0.2) is 9.97 Å². The maximum absolute atomic E-state index is 13.2. The van der Waals surface area contributed by atoms with Gasteiger partial charge in [-0.1, -0.05) is 24.3 Å². The second-order valence-corrected chi connectivity index (χ2v) is 8.84. The summed E-state index contributed by atoms with van der Waals surface area (Å²) in [7, 11) is 1.66. The van der Waals surface area contributed by atoms with Crippen molar-refractivity contribution < 1.29 is 14.3 Å². The molecule has 1 N–H and O–H groups in total. The highest BCUT2D eigenvalue weighted by Gasteiger charge is 2.24. The van der Waals surface area contributed by atoms with Crippen LogP contribution in [0.25, 0.3) is 22.6 Å². The topological polar surface area (TPSA) is 81.5 Å². The highest BCUT2D eigenvalue weighted by molar-refractivity contribution is 7.07. The molecule has 1 saturated heterocycles. The Morgan fingerprint density at radius 3 is 2.71 bits per heavy atom. The Balaban J connectivity index is 1.35. The molecule has 0 saturated carbocycles. The number of aromatic nitrogens is 3. The average molecular weight is 478 g/mol. The number of imidazole rings is 1. The fourth-order valence-electron chi connectivity index (χ4n) is 4.34. The van der Waals surface area contributed by atoms with Crippen LogP contribution in [-0.4, -0.2) is 65.3 Å². The fraction of sp³-hybridized carbons (Fsp3) is 0.320. The molecule has 1 fully saturated rings. The van der Waals surface area contributed by atoms with E-state index in [4.69, 9.17) is 14.5 Å². The standard InChI is InChI=1S/C25H27N5O3S/c1-32-19-8-6-18(7-9-19)23(29-10-12-33-13-11-29)14-26-24(31)15-30-22-5-3-2-4-20(22)28-25(30)21-16-34-17-27-21/h2-9,16-17,23H,10-15H2,1H3,(H,26,31)/t23-/m0/s1. The summed E-state index contributed by atoms with van der Waals surface area (Å²) in [5.74, 6) is 1.46. The van der Waals surface area contributed by atoms with Crippen molar-refractivity contribution in [2.24, 2.45) is 0 Å². The summed E-state index contributed by atoms with van der Waals surface area (Å²) in [6.07, 6.45) is 0. The van der Waals surface area contributed by atoms with Crippen LogP contribution in [0.1, 0.15) is 11.6 Å². The van der Waals surface area contributed by atoms with Crippen molar-refractivity contribution >= 4 is 28.3 Å². The molecule has 34 heavy (non-hydrogen) atoms. The van der Waals surface area contributed by atoms with Crippen molar-refractivity contribution in [3.8, 4) is 17.3 Å². The predicted molar refractivity (Wildman–Crippen MR) is 132 cm³/mol. The largest absolute Gasteiger partial charge is 0.497 e. The van der Waals surface area contributed by atoms with E-state index in [2.05, 4.69) is 27.3 Å². The monoisotopic (exact) mass is 477 g/mol. The molecule has 1 amide bonds. The van der Waals surface area contributed by atoms with Crippen molar-refractivity contribution in [2.75, 3.05) is 40.0 Å². The SMILES string of the molecule is COc1ccc([C@H](CNC(=O)Cn2c(-c3cscn3)nc3ccccc32)N2CCOCC2)cc1. The summed E-state index contributed by atoms with van der Waals surface area (Å²) in [4.78, 5) is 24.7. The van der Waals surface area contributed by atoms with Gasteiger partial charge in [0.15, 0.2) is 5.82 Å². The molecular formula is C25H27N5O3S. The maximum atomic E-state index is 13.2. The van der Waals surface area contributed by atoms with Gasteiger partial charge in [-0.05, 0) is 29.8 Å². The number of nitrogens with one attached hydrogen (secondary N) is 1. The van der Waals surface area contributed by atoms with Gasteiger partial charge in [0, 0.05) is 25.0 Å². The number of hydrogen-bond acceptors (Lipinski definition) is 7. The van der Waals surface area contributed by atoms with E-state index in [0.717, 1.165) is 41.1 Å². The third-order valence-corrected chi connectivity index (χ3v) is 6.68. The summed E-state index contributed by atoms with van der Waals surface area (Å²) in [5, 5.41) is 5.12. The number of carbonyl (C=O) groups is 1. The summed E-state index contributed by atoms with van der Waals surface area (Å²) in [5.41, 5.74) is 5.46. The lowest BCUT2D eigenvalue weighted by Crippen LogP contribution is -2.44. The van der Waals surface area contributed by atoms with Gasteiger partial charge in [0.05, 0.1) is 42.9 Å². The van der Waals surface area contributed by atoms with Crippen LogP contribution in [0.2, 0.25) is 0 Å². The number of para-hydroxylation sites is 2. The highest BCUT2D eigenvalue weighted by atomic mass is 32.1. The zero-order chi connectivity index (χ0) is 23.3. The summed E-state index contributed by atoms with van der Waals surface area (Å²) in [6, 6.07) is 16.0. The van der Waals surface area contributed by atoms with Crippen molar-refractivity contribution in [1.82, 2.24) is 24.8 Å². The molecule has 8 nitrogen and oxygen atoms in total. The number of morpholine rings is 1. The van der Waals surface area contributed by atoms with Crippen molar-refractivity contribution in [1.29, 1.82) is 0 Å². The minimum atomic E-state index is -0.0635. The van der Waals surface area contributed by atoms with Crippen LogP contribution in [0.4, 0.5) is 0 Å². The van der Waals surface area contributed by atoms with Crippen LogP contribution in [0.3, 0.4) is 0 Å². The first-order valence-corrected chi connectivity index (χ1v) is 12.2. The Labute approximate surface area is 202 Å². The molecule has 9 heteroatoms. The van der Waals surface area contributed by atoms with E-state index < -0.39 is 0 Å². The number of amides is 1. The number of ether oxygens (including phenoxy) is 2. The number of hydrogen-bond donors (Lipinski definition) is 1. The summed E-state index contributed by atoms with van der Waals surface area (Å²) >= 11 is 1.51. The van der Waals surface area contributed by atoms with E-state index in [9.17, 15) is 4.79 Å². The highest BCUT2D eigenvalue weighted by Crippen LogP contribution is 2.26. The third kappa shape index (κ3) is 4.82. The van der Waals surface area contributed by atoms with Crippen LogP contribution in [0.5, 0.6) is 5.75 Å². The van der Waals surface area contributed by atoms with Crippen LogP contribution in [0, 0.1) is 0 Å². The summed E-state index contributed by atoms with van der Waals surface area (Å²) < 4.78 is 12.8. The molecule has 2 aromatic carbocycles. The van der Waals surface area contributed by atoms with Crippen molar-refractivity contribution in [3.63, 3.8) is 0 Å². The van der Waals surface area contributed by atoms with Gasteiger partial charge in [0.25, 0.3) is 0 Å². The second-order valence-electron chi connectivity index (χ2n) is 8.13. The molecular weight excluding hydrogens is 450 g/mol. The van der Waals surface area contributed by atoms with E-state index in [1.807, 2.05) is 46.3 Å². The number of benzene rings is 2. The number of thiazole rings is 1. The van der Waals surface area contributed by atoms with Crippen LogP contribution in [-0.2, 0) is 16.1 Å². The van der Waals surface area contributed by atoms with E-state index in [-0.39, 0.29) is 18.5 Å². The predicted octanol–water partition coefficient (Wildman–Crippen LogP) is 3.36. The van der Waals surface area contributed by atoms with E-state index in [0.29, 0.717) is 25.6 Å². The maximum Gasteiger partial charge on any atom is 0.240 e. The van der Waals surface area contributed by atoms with Gasteiger partial charge in [0.2, 0.25) is 5.91 Å². The van der Waals surface area contributed by atoms with Gasteiger partial charge in [-0.3, -0.25) is 9.69 Å². The zero-order valence-electron chi connectivity index (χ0n) is 19.0. The zero-order valence-corrected chi connectivity index (χ0v) is 19.8. The Hall–Kier alpha value is -3.27. The van der Waals surface area contributed by atoms with Gasteiger partial charge in [-0.15, -0.1) is 11.3 Å². The quantitative estimate of drug-likeness (QED) is 0.419. The molecule has 176 valence electrons. The van der Waals surface area contributed by atoms with Gasteiger partial charge < -0.3 is 19.4 Å². The molecule has 2 aromatic heterocycles. The van der Waals surface area contributed by atoms with Gasteiger partial charge in [-0.2, -0.15) is 0 Å². The number of fused-ring (bicyclic) bond motifs is 1. The molecule has 0 unspecified atom stereocenters. The Bertz CT molecular complexity index is 1230.